The number of amides is 2. The van der Waals surface area contributed by atoms with Crippen LogP contribution < -0.4 is 10.6 Å². The third-order valence-corrected chi connectivity index (χ3v) is 2.49. The summed E-state index contributed by atoms with van der Waals surface area (Å²) in [6, 6.07) is 1.08. The van der Waals surface area contributed by atoms with Crippen molar-refractivity contribution in [1.29, 1.82) is 0 Å². The molecule has 0 spiro atoms. The molecule has 5 nitrogen and oxygen atoms in total. The van der Waals surface area contributed by atoms with Gasteiger partial charge in [0.2, 0.25) is 5.91 Å². The lowest BCUT2D eigenvalue weighted by molar-refractivity contribution is -0.122. The lowest BCUT2D eigenvalue weighted by atomic mass is 10.2. The van der Waals surface area contributed by atoms with Gasteiger partial charge in [0.05, 0.1) is 5.56 Å². The van der Waals surface area contributed by atoms with Gasteiger partial charge in [0.25, 0.3) is 5.91 Å². The van der Waals surface area contributed by atoms with Gasteiger partial charge >= 0.3 is 0 Å². The number of halogens is 1. The molecule has 0 saturated carbocycles. The van der Waals surface area contributed by atoms with Crippen molar-refractivity contribution in [2.45, 2.75) is 19.9 Å². The number of hydrogen-bond donors (Lipinski definition) is 2. The van der Waals surface area contributed by atoms with E-state index >= 15 is 0 Å². The van der Waals surface area contributed by atoms with Crippen LogP contribution in [0.2, 0.25) is 0 Å². The van der Waals surface area contributed by atoms with E-state index in [1.165, 1.54) is 6.20 Å². The van der Waals surface area contributed by atoms with E-state index < -0.39 is 6.04 Å². The molecule has 0 radical (unpaired) electrons. The third kappa shape index (κ3) is 4.14. The number of nitrogens with zero attached hydrogens (tertiary/aromatic N) is 1. The minimum Gasteiger partial charge on any atom is -0.355 e. The fourth-order valence-electron chi connectivity index (χ4n) is 1.21. The zero-order valence-electron chi connectivity index (χ0n) is 9.66. The van der Waals surface area contributed by atoms with E-state index in [1.54, 1.807) is 19.2 Å². The molecule has 92 valence electrons. The van der Waals surface area contributed by atoms with Crippen molar-refractivity contribution in [3.8, 4) is 0 Å². The zero-order chi connectivity index (χ0) is 12.8. The number of carbonyl (C=O) groups excluding carboxylic acids is 2. The van der Waals surface area contributed by atoms with E-state index in [9.17, 15) is 9.59 Å². The first-order chi connectivity index (χ1) is 8.04. The van der Waals surface area contributed by atoms with Crippen LogP contribution in [0.1, 0.15) is 24.2 Å². The quantitative estimate of drug-likeness (QED) is 0.874. The molecule has 0 aliphatic heterocycles. The van der Waals surface area contributed by atoms with E-state index in [4.69, 9.17) is 0 Å². The van der Waals surface area contributed by atoms with Gasteiger partial charge in [-0.2, -0.15) is 0 Å². The van der Waals surface area contributed by atoms with Gasteiger partial charge in [-0.15, -0.1) is 0 Å². The highest BCUT2D eigenvalue weighted by Gasteiger charge is 2.15. The molecule has 17 heavy (non-hydrogen) atoms. The minimum atomic E-state index is -0.568. The Morgan fingerprint density at radius 1 is 1.47 bits per heavy atom. The largest absolute Gasteiger partial charge is 0.355 e. The molecule has 2 N–H and O–H groups in total. The molecule has 0 saturated heterocycles. The molecule has 1 heterocycles. The van der Waals surface area contributed by atoms with E-state index in [-0.39, 0.29) is 11.8 Å². The molecule has 0 unspecified atom stereocenters. The molecule has 1 atom stereocenters. The van der Waals surface area contributed by atoms with Gasteiger partial charge in [-0.25, -0.2) is 0 Å². The van der Waals surface area contributed by atoms with E-state index in [1.807, 2.05) is 6.92 Å². The van der Waals surface area contributed by atoms with Crippen molar-refractivity contribution < 1.29 is 9.59 Å². The average molecular weight is 300 g/mol. The lowest BCUT2D eigenvalue weighted by Crippen LogP contribution is -2.44. The van der Waals surface area contributed by atoms with Crippen LogP contribution in [0.15, 0.2) is 22.9 Å². The van der Waals surface area contributed by atoms with E-state index in [0.717, 1.165) is 4.47 Å². The number of rotatable bonds is 4. The number of nitrogens with one attached hydrogen (secondary N) is 2. The maximum atomic E-state index is 11.8. The maximum absolute atomic E-state index is 11.8. The third-order valence-electron chi connectivity index (χ3n) is 2.06. The zero-order valence-corrected chi connectivity index (χ0v) is 11.2. The van der Waals surface area contributed by atoms with Crippen LogP contribution in [-0.4, -0.2) is 29.4 Å². The summed E-state index contributed by atoms with van der Waals surface area (Å²) in [6.07, 6.45) is 3.04. The fourth-order valence-corrected chi connectivity index (χ4v) is 1.57. The van der Waals surface area contributed by atoms with Crippen LogP contribution >= 0.6 is 15.9 Å². The molecule has 1 rings (SSSR count). The fraction of sp³-hybridized carbons (Fsp3) is 0.364. The standard InChI is InChI=1S/C11H14BrN3O2/c1-3-14-10(16)7(2)15-11(17)8-4-9(12)6-13-5-8/h4-7H,3H2,1-2H3,(H,14,16)(H,15,17)/t7-/m1/s1. The Morgan fingerprint density at radius 3 is 2.76 bits per heavy atom. The topological polar surface area (TPSA) is 71.1 Å². The van der Waals surface area contributed by atoms with E-state index in [2.05, 4.69) is 31.5 Å². The van der Waals surface area contributed by atoms with Crippen molar-refractivity contribution in [3.63, 3.8) is 0 Å². The second-order valence-electron chi connectivity index (χ2n) is 3.48. The second-order valence-corrected chi connectivity index (χ2v) is 4.40. The highest BCUT2D eigenvalue weighted by Crippen LogP contribution is 2.09. The lowest BCUT2D eigenvalue weighted by Gasteiger charge is -2.13. The molecule has 1 aromatic rings. The van der Waals surface area contributed by atoms with Gasteiger partial charge in [0.15, 0.2) is 0 Å². The highest BCUT2D eigenvalue weighted by molar-refractivity contribution is 9.10. The van der Waals surface area contributed by atoms with Crippen LogP contribution in [-0.2, 0) is 4.79 Å². The Hall–Kier alpha value is -1.43. The van der Waals surface area contributed by atoms with Crippen LogP contribution in [0.3, 0.4) is 0 Å². The van der Waals surface area contributed by atoms with E-state index in [0.29, 0.717) is 12.1 Å². The highest BCUT2D eigenvalue weighted by atomic mass is 79.9. The summed E-state index contributed by atoms with van der Waals surface area (Å²) >= 11 is 3.23. The van der Waals surface area contributed by atoms with Crippen molar-refractivity contribution in [2.24, 2.45) is 0 Å². The number of aromatic nitrogens is 1. The molecule has 0 aliphatic rings. The monoisotopic (exact) mass is 299 g/mol. The number of likely N-dealkylation sites (N-methyl/N-ethyl adjacent to an activating group) is 1. The Kier molecular flexibility index (Phi) is 5.09. The summed E-state index contributed by atoms with van der Waals surface area (Å²) in [6.45, 7) is 4.00. The predicted octanol–water partition coefficient (Wildman–Crippen LogP) is 1.10. The van der Waals surface area contributed by atoms with Crippen molar-refractivity contribution >= 4 is 27.7 Å². The molecule has 0 bridgehead atoms. The molecule has 0 aromatic carbocycles. The number of carbonyl (C=O) groups is 2. The molecular weight excluding hydrogens is 286 g/mol. The Bertz CT molecular complexity index is 423. The molecule has 0 fully saturated rings. The smallest absolute Gasteiger partial charge is 0.253 e. The van der Waals surface area contributed by atoms with Gasteiger partial charge in [0, 0.05) is 23.4 Å². The first-order valence-electron chi connectivity index (χ1n) is 5.23. The van der Waals surface area contributed by atoms with Gasteiger partial charge in [-0.05, 0) is 35.8 Å². The van der Waals surface area contributed by atoms with Gasteiger partial charge in [-0.1, -0.05) is 0 Å². The van der Waals surface area contributed by atoms with Crippen LogP contribution in [0.25, 0.3) is 0 Å². The summed E-state index contributed by atoms with van der Waals surface area (Å²) in [5.41, 5.74) is 0.413. The van der Waals surface area contributed by atoms with Crippen LogP contribution in [0, 0.1) is 0 Å². The number of pyridine rings is 1. The summed E-state index contributed by atoms with van der Waals surface area (Å²) < 4.78 is 0.718. The molecule has 2 amide bonds. The normalized spacial score (nSPS) is 11.7. The molecule has 0 aliphatic carbocycles. The first-order valence-corrected chi connectivity index (χ1v) is 6.03. The first kappa shape index (κ1) is 13.6. The Balaban J connectivity index is 2.63. The molecule has 6 heteroatoms. The van der Waals surface area contributed by atoms with Crippen LogP contribution in [0.4, 0.5) is 0 Å². The minimum absolute atomic E-state index is 0.205. The Labute approximate surface area is 108 Å². The number of hydrogen-bond acceptors (Lipinski definition) is 3. The predicted molar refractivity (Wildman–Crippen MR) is 67.5 cm³/mol. The van der Waals surface area contributed by atoms with Gasteiger partial charge in [-0.3, -0.25) is 14.6 Å². The Morgan fingerprint density at radius 2 is 2.18 bits per heavy atom. The summed E-state index contributed by atoms with van der Waals surface area (Å²) in [5, 5.41) is 5.23. The second kappa shape index (κ2) is 6.34. The van der Waals surface area contributed by atoms with Crippen molar-refractivity contribution in [3.05, 3.63) is 28.5 Å². The summed E-state index contributed by atoms with van der Waals surface area (Å²) in [4.78, 5) is 27.1. The van der Waals surface area contributed by atoms with Crippen molar-refractivity contribution in [1.82, 2.24) is 15.6 Å². The summed E-state index contributed by atoms with van der Waals surface area (Å²) in [5.74, 6) is -0.527. The average Bonchev–Trinajstić information content (AvgIpc) is 2.29. The maximum Gasteiger partial charge on any atom is 0.253 e. The van der Waals surface area contributed by atoms with Crippen molar-refractivity contribution in [2.75, 3.05) is 6.54 Å². The molecular formula is C11H14BrN3O2. The summed E-state index contributed by atoms with van der Waals surface area (Å²) in [7, 11) is 0. The van der Waals surface area contributed by atoms with Crippen LogP contribution in [0.5, 0.6) is 0 Å². The van der Waals surface area contributed by atoms with Gasteiger partial charge in [0.1, 0.15) is 6.04 Å². The molecule has 1 aromatic heterocycles. The van der Waals surface area contributed by atoms with Gasteiger partial charge < -0.3 is 10.6 Å². The SMILES string of the molecule is CCNC(=O)[C@@H](C)NC(=O)c1cncc(Br)c1.